The standard InChI is InChI=1S/C39H21N5/c40-22-25-9-14-30(15-10-25)43-36-7-3-1-5-31(36)33-16-12-28(21-39(33)43)27-13-18-38-34(20-27)32-6-2-4-8-37(32)44(38)35-17-11-26(23-41)19-29(35)24-42/h1-21H. The number of aromatic nitrogens is 2. The van der Waals surface area contributed by atoms with Gasteiger partial charge < -0.3 is 9.13 Å². The fraction of sp³-hybridized carbons (Fsp3) is 0. The molecule has 0 atom stereocenters. The number of nitriles is 3. The van der Waals surface area contributed by atoms with Crippen LogP contribution in [0, 0.1) is 34.0 Å². The molecule has 0 saturated heterocycles. The molecule has 0 spiro atoms. The highest BCUT2D eigenvalue weighted by Crippen LogP contribution is 2.38. The first-order chi connectivity index (χ1) is 21.7. The molecule has 2 heterocycles. The van der Waals surface area contributed by atoms with Crippen LogP contribution in [0.15, 0.2) is 127 Å². The summed E-state index contributed by atoms with van der Waals surface area (Å²) in [4.78, 5) is 0. The Bertz CT molecular complexity index is 2580. The van der Waals surface area contributed by atoms with Gasteiger partial charge in [-0.2, -0.15) is 15.8 Å². The zero-order valence-electron chi connectivity index (χ0n) is 23.4. The molecule has 0 fully saturated rings. The SMILES string of the molecule is N#Cc1ccc(-n2c3ccccc3c3ccc(-c4ccc5c(c4)c4ccccc4n5-c4ccc(C#N)cc4C#N)cc32)cc1. The fourth-order valence-corrected chi connectivity index (χ4v) is 6.42. The molecule has 8 aromatic rings. The van der Waals surface area contributed by atoms with Gasteiger partial charge in [0.25, 0.3) is 0 Å². The molecule has 6 aromatic carbocycles. The van der Waals surface area contributed by atoms with Gasteiger partial charge in [-0.05, 0) is 83.9 Å². The monoisotopic (exact) mass is 559 g/mol. The van der Waals surface area contributed by atoms with Crippen LogP contribution in [0.5, 0.6) is 0 Å². The summed E-state index contributed by atoms with van der Waals surface area (Å²) in [6, 6.07) is 49.3. The first-order valence-electron chi connectivity index (χ1n) is 14.2. The Labute approximate surface area is 252 Å². The van der Waals surface area contributed by atoms with Crippen molar-refractivity contribution in [2.45, 2.75) is 0 Å². The Hall–Kier alpha value is -6.61. The summed E-state index contributed by atoms with van der Waals surface area (Å²) in [5.74, 6) is 0. The number of hydrogen-bond acceptors (Lipinski definition) is 3. The third-order valence-corrected chi connectivity index (χ3v) is 8.42. The number of benzene rings is 6. The van der Waals surface area contributed by atoms with Gasteiger partial charge in [0.05, 0.1) is 56.6 Å². The number of para-hydroxylation sites is 2. The topological polar surface area (TPSA) is 81.2 Å². The molecule has 0 saturated carbocycles. The second kappa shape index (κ2) is 9.74. The zero-order valence-corrected chi connectivity index (χ0v) is 23.4. The third kappa shape index (κ3) is 3.70. The van der Waals surface area contributed by atoms with Crippen LogP contribution in [-0.4, -0.2) is 9.13 Å². The lowest BCUT2D eigenvalue weighted by Crippen LogP contribution is -1.98. The van der Waals surface area contributed by atoms with Gasteiger partial charge in [-0.1, -0.05) is 54.6 Å². The Balaban J connectivity index is 1.35. The molecular weight excluding hydrogens is 538 g/mol. The van der Waals surface area contributed by atoms with E-state index in [1.165, 1.54) is 5.39 Å². The highest BCUT2D eigenvalue weighted by atomic mass is 15.0. The van der Waals surface area contributed by atoms with Gasteiger partial charge >= 0.3 is 0 Å². The van der Waals surface area contributed by atoms with Crippen molar-refractivity contribution in [3.8, 4) is 40.7 Å². The van der Waals surface area contributed by atoms with E-state index in [4.69, 9.17) is 0 Å². The number of rotatable bonds is 3. The maximum Gasteiger partial charge on any atom is 0.101 e. The molecule has 0 radical (unpaired) electrons. The van der Waals surface area contributed by atoms with Crippen LogP contribution in [0.4, 0.5) is 0 Å². The predicted molar refractivity (Wildman–Crippen MR) is 175 cm³/mol. The Morgan fingerprint density at radius 2 is 1.00 bits per heavy atom. The normalized spacial score (nSPS) is 11.1. The first kappa shape index (κ1) is 25.1. The molecule has 0 unspecified atom stereocenters. The van der Waals surface area contributed by atoms with Gasteiger partial charge in [-0.15, -0.1) is 0 Å². The molecule has 5 heteroatoms. The second-order valence-electron chi connectivity index (χ2n) is 10.8. The summed E-state index contributed by atoms with van der Waals surface area (Å²) >= 11 is 0. The molecule has 0 aliphatic rings. The molecule has 44 heavy (non-hydrogen) atoms. The van der Waals surface area contributed by atoms with Gasteiger partial charge in [0.1, 0.15) is 6.07 Å². The summed E-state index contributed by atoms with van der Waals surface area (Å²) in [5, 5.41) is 33.2. The highest BCUT2D eigenvalue weighted by Gasteiger charge is 2.17. The molecule has 0 N–H and O–H groups in total. The van der Waals surface area contributed by atoms with Crippen LogP contribution in [-0.2, 0) is 0 Å². The summed E-state index contributed by atoms with van der Waals surface area (Å²) in [5.41, 5.74) is 9.65. The molecular formula is C39H21N5. The van der Waals surface area contributed by atoms with Crippen molar-refractivity contribution in [2.75, 3.05) is 0 Å². The van der Waals surface area contributed by atoms with E-state index in [2.05, 4.69) is 100 Å². The maximum absolute atomic E-state index is 9.96. The minimum Gasteiger partial charge on any atom is -0.309 e. The van der Waals surface area contributed by atoms with Crippen LogP contribution >= 0.6 is 0 Å². The quantitative estimate of drug-likeness (QED) is 0.216. The zero-order chi connectivity index (χ0) is 29.8. The lowest BCUT2D eigenvalue weighted by Gasteiger charge is -2.11. The van der Waals surface area contributed by atoms with E-state index in [0.29, 0.717) is 16.7 Å². The summed E-state index contributed by atoms with van der Waals surface area (Å²) < 4.78 is 4.37. The average Bonchev–Trinajstić information content (AvgIpc) is 3.60. The van der Waals surface area contributed by atoms with Crippen LogP contribution in [0.25, 0.3) is 66.1 Å². The van der Waals surface area contributed by atoms with Gasteiger partial charge in [0.15, 0.2) is 0 Å². The molecule has 5 nitrogen and oxygen atoms in total. The first-order valence-corrected chi connectivity index (χ1v) is 14.2. The molecule has 0 aliphatic heterocycles. The lowest BCUT2D eigenvalue weighted by atomic mass is 10.0. The van der Waals surface area contributed by atoms with Crippen LogP contribution in [0.2, 0.25) is 0 Å². The Morgan fingerprint density at radius 1 is 0.409 bits per heavy atom. The van der Waals surface area contributed by atoms with E-state index >= 15 is 0 Å². The number of nitrogens with zero attached hydrogens (tertiary/aromatic N) is 5. The van der Waals surface area contributed by atoms with Crippen molar-refractivity contribution in [3.05, 3.63) is 144 Å². The van der Waals surface area contributed by atoms with E-state index in [0.717, 1.165) is 60.7 Å². The molecule has 202 valence electrons. The van der Waals surface area contributed by atoms with E-state index < -0.39 is 0 Å². The molecule has 2 aromatic heterocycles. The van der Waals surface area contributed by atoms with Gasteiger partial charge in [-0.3, -0.25) is 0 Å². The Kier molecular flexibility index (Phi) is 5.56. The van der Waals surface area contributed by atoms with Crippen molar-refractivity contribution in [1.82, 2.24) is 9.13 Å². The molecule has 8 rings (SSSR count). The smallest absolute Gasteiger partial charge is 0.101 e. The summed E-state index contributed by atoms with van der Waals surface area (Å²) in [7, 11) is 0. The van der Waals surface area contributed by atoms with E-state index in [-0.39, 0.29) is 0 Å². The molecule has 0 bridgehead atoms. The molecule has 0 amide bonds. The van der Waals surface area contributed by atoms with Crippen molar-refractivity contribution >= 4 is 43.6 Å². The predicted octanol–water partition coefficient (Wildman–Crippen LogP) is 9.16. The van der Waals surface area contributed by atoms with Gasteiger partial charge in [0, 0.05) is 27.2 Å². The second-order valence-corrected chi connectivity index (χ2v) is 10.8. The van der Waals surface area contributed by atoms with Crippen molar-refractivity contribution in [2.24, 2.45) is 0 Å². The largest absolute Gasteiger partial charge is 0.309 e. The van der Waals surface area contributed by atoms with Gasteiger partial charge in [-0.25, -0.2) is 0 Å². The summed E-state index contributed by atoms with van der Waals surface area (Å²) in [6.07, 6.45) is 0. The minimum atomic E-state index is 0.455. The number of fused-ring (bicyclic) bond motifs is 6. The van der Waals surface area contributed by atoms with E-state index in [1.54, 1.807) is 12.1 Å². The van der Waals surface area contributed by atoms with E-state index in [9.17, 15) is 15.8 Å². The lowest BCUT2D eigenvalue weighted by molar-refractivity contribution is 1.16. The van der Waals surface area contributed by atoms with Gasteiger partial charge in [0.2, 0.25) is 0 Å². The van der Waals surface area contributed by atoms with E-state index in [1.807, 2.05) is 42.5 Å². The number of hydrogen-bond donors (Lipinski definition) is 0. The maximum atomic E-state index is 9.96. The highest BCUT2D eigenvalue weighted by molar-refractivity contribution is 6.12. The third-order valence-electron chi connectivity index (χ3n) is 8.42. The van der Waals surface area contributed by atoms with Crippen molar-refractivity contribution in [1.29, 1.82) is 15.8 Å². The Morgan fingerprint density at radius 3 is 1.73 bits per heavy atom. The van der Waals surface area contributed by atoms with Crippen molar-refractivity contribution in [3.63, 3.8) is 0 Å². The fourth-order valence-electron chi connectivity index (χ4n) is 6.42. The summed E-state index contributed by atoms with van der Waals surface area (Å²) in [6.45, 7) is 0. The van der Waals surface area contributed by atoms with Crippen molar-refractivity contribution < 1.29 is 0 Å². The van der Waals surface area contributed by atoms with Crippen LogP contribution < -0.4 is 0 Å². The minimum absolute atomic E-state index is 0.455. The van der Waals surface area contributed by atoms with Crippen LogP contribution in [0.3, 0.4) is 0 Å². The molecule has 0 aliphatic carbocycles. The van der Waals surface area contributed by atoms with Crippen LogP contribution in [0.1, 0.15) is 16.7 Å². The average molecular weight is 560 g/mol.